The number of hydrogen-bond donors (Lipinski definition) is 1. The molecule has 1 atom stereocenters. The lowest BCUT2D eigenvalue weighted by Gasteiger charge is -2.34. The van der Waals surface area contributed by atoms with Gasteiger partial charge in [0.2, 0.25) is 0 Å². The van der Waals surface area contributed by atoms with Gasteiger partial charge in [0.1, 0.15) is 11.5 Å². The lowest BCUT2D eigenvalue weighted by atomic mass is 9.95. The molecule has 1 unspecified atom stereocenters. The van der Waals surface area contributed by atoms with Gasteiger partial charge < -0.3 is 10.1 Å². The molecule has 0 aromatic heterocycles. The number of benzene rings is 1. The summed E-state index contributed by atoms with van der Waals surface area (Å²) in [6, 6.07) is 7.66. The van der Waals surface area contributed by atoms with Gasteiger partial charge in [-0.2, -0.15) is 0 Å². The number of Topliss-reactive ketones (excluding diaryl/α,β-unsaturated/α-hetero) is 1. The van der Waals surface area contributed by atoms with Crippen LogP contribution in [0.1, 0.15) is 5.56 Å². The largest absolute Gasteiger partial charge is 0.456 e. The zero-order valence-corrected chi connectivity index (χ0v) is 12.3. The number of rotatable bonds is 1. The average molecular weight is 294 g/mol. The van der Waals surface area contributed by atoms with Crippen LogP contribution in [0.2, 0.25) is 0 Å². The van der Waals surface area contributed by atoms with Crippen LogP contribution in [0.3, 0.4) is 0 Å². The van der Waals surface area contributed by atoms with Crippen LogP contribution in [0, 0.1) is 0 Å². The van der Waals surface area contributed by atoms with Crippen molar-refractivity contribution < 1.29 is 9.53 Å². The summed E-state index contributed by atoms with van der Waals surface area (Å²) in [6.07, 6.45) is 7.76. The minimum Gasteiger partial charge on any atom is -0.456 e. The molecule has 112 valence electrons. The van der Waals surface area contributed by atoms with Crippen molar-refractivity contribution in [2.24, 2.45) is 0 Å². The Morgan fingerprint density at radius 1 is 1.09 bits per heavy atom. The highest BCUT2D eigenvalue weighted by Gasteiger charge is 2.31. The zero-order valence-electron chi connectivity index (χ0n) is 12.3. The molecule has 1 fully saturated rings. The van der Waals surface area contributed by atoms with Gasteiger partial charge in [-0.05, 0) is 18.2 Å². The number of fused-ring (bicyclic) bond motifs is 1. The number of carbonyl (C=O) groups excluding carboxylic acids is 1. The third-order valence-corrected chi connectivity index (χ3v) is 4.34. The molecule has 4 heteroatoms. The number of para-hydroxylation sites is 1. The van der Waals surface area contributed by atoms with E-state index in [1.807, 2.05) is 48.6 Å². The normalized spacial score (nSPS) is 24.5. The molecule has 0 saturated carbocycles. The molecule has 2 aliphatic heterocycles. The first-order valence-corrected chi connectivity index (χ1v) is 7.69. The molecule has 1 aromatic carbocycles. The van der Waals surface area contributed by atoms with Crippen molar-refractivity contribution in [3.63, 3.8) is 0 Å². The summed E-state index contributed by atoms with van der Waals surface area (Å²) in [7, 11) is 0. The molecule has 0 radical (unpaired) electrons. The van der Waals surface area contributed by atoms with Crippen LogP contribution >= 0.6 is 0 Å². The lowest BCUT2D eigenvalue weighted by Crippen LogP contribution is -2.51. The Kier molecular flexibility index (Phi) is 3.41. The molecule has 4 rings (SSSR count). The van der Waals surface area contributed by atoms with E-state index in [4.69, 9.17) is 4.74 Å². The highest BCUT2D eigenvalue weighted by Crippen LogP contribution is 2.31. The molecule has 0 amide bonds. The average Bonchev–Trinajstić information content (AvgIpc) is 2.75. The fourth-order valence-corrected chi connectivity index (χ4v) is 3.14. The first-order valence-electron chi connectivity index (χ1n) is 7.69. The second kappa shape index (κ2) is 5.55. The highest BCUT2D eigenvalue weighted by atomic mass is 16.5. The van der Waals surface area contributed by atoms with Gasteiger partial charge in [-0.15, -0.1) is 0 Å². The molecule has 1 N–H and O–H groups in total. The summed E-state index contributed by atoms with van der Waals surface area (Å²) in [5.74, 6) is 1.57. The second-order valence-electron chi connectivity index (χ2n) is 5.71. The Balaban J connectivity index is 1.64. The molecular weight excluding hydrogens is 276 g/mol. The predicted molar refractivity (Wildman–Crippen MR) is 85.5 cm³/mol. The fraction of sp³-hybridized carbons (Fsp3) is 0.278. The van der Waals surface area contributed by atoms with E-state index in [2.05, 4.69) is 10.2 Å². The van der Waals surface area contributed by atoms with Crippen molar-refractivity contribution >= 4 is 11.9 Å². The Labute approximate surface area is 129 Å². The van der Waals surface area contributed by atoms with Crippen LogP contribution in [0.15, 0.2) is 53.8 Å². The maximum atomic E-state index is 12.9. The van der Waals surface area contributed by atoms with Crippen LogP contribution in [0.4, 0.5) is 0 Å². The molecule has 0 bridgehead atoms. The number of nitrogens with one attached hydrogen (secondary N) is 1. The summed E-state index contributed by atoms with van der Waals surface area (Å²) >= 11 is 0. The van der Waals surface area contributed by atoms with Gasteiger partial charge >= 0.3 is 0 Å². The second-order valence-corrected chi connectivity index (χ2v) is 5.71. The van der Waals surface area contributed by atoms with E-state index in [0.717, 1.165) is 37.5 Å². The van der Waals surface area contributed by atoms with Crippen LogP contribution in [-0.4, -0.2) is 42.9 Å². The van der Waals surface area contributed by atoms with Crippen molar-refractivity contribution in [1.29, 1.82) is 0 Å². The number of allylic oxidation sites excluding steroid dienone is 2. The van der Waals surface area contributed by atoms with Gasteiger partial charge in [0.25, 0.3) is 0 Å². The minimum atomic E-state index is -0.171. The van der Waals surface area contributed by atoms with E-state index in [0.29, 0.717) is 11.3 Å². The van der Waals surface area contributed by atoms with Crippen molar-refractivity contribution in [2.45, 2.75) is 6.04 Å². The molecule has 2 heterocycles. The maximum absolute atomic E-state index is 12.9. The predicted octanol–water partition coefficient (Wildman–Crippen LogP) is 1.76. The summed E-state index contributed by atoms with van der Waals surface area (Å²) in [6.45, 7) is 3.66. The van der Waals surface area contributed by atoms with E-state index < -0.39 is 0 Å². The van der Waals surface area contributed by atoms with E-state index >= 15 is 0 Å². The third-order valence-electron chi connectivity index (χ3n) is 4.34. The Morgan fingerprint density at radius 2 is 1.91 bits per heavy atom. The highest BCUT2D eigenvalue weighted by molar-refractivity contribution is 6.06. The number of nitrogens with zero attached hydrogens (tertiary/aromatic N) is 1. The van der Waals surface area contributed by atoms with Gasteiger partial charge in [-0.25, -0.2) is 0 Å². The van der Waals surface area contributed by atoms with Crippen molar-refractivity contribution in [1.82, 2.24) is 10.2 Å². The Hall–Kier alpha value is -2.17. The maximum Gasteiger partial charge on any atom is 0.187 e. The molecule has 1 saturated heterocycles. The minimum absolute atomic E-state index is 0.128. The summed E-state index contributed by atoms with van der Waals surface area (Å²) in [5.41, 5.74) is 1.67. The van der Waals surface area contributed by atoms with Gasteiger partial charge in [-0.3, -0.25) is 9.69 Å². The molecular formula is C18H18N2O2. The molecule has 3 aliphatic rings. The van der Waals surface area contributed by atoms with Crippen LogP contribution in [0.25, 0.3) is 6.08 Å². The number of piperazine rings is 1. The van der Waals surface area contributed by atoms with Gasteiger partial charge in [0.05, 0.1) is 11.6 Å². The van der Waals surface area contributed by atoms with E-state index in [-0.39, 0.29) is 11.8 Å². The molecule has 4 nitrogen and oxygen atoms in total. The van der Waals surface area contributed by atoms with E-state index in [1.165, 1.54) is 0 Å². The zero-order chi connectivity index (χ0) is 14.9. The van der Waals surface area contributed by atoms with Gasteiger partial charge in [-0.1, -0.05) is 30.4 Å². The Morgan fingerprint density at radius 3 is 2.77 bits per heavy atom. The molecule has 1 aromatic rings. The first kappa shape index (κ1) is 13.5. The number of ether oxygens (including phenoxy) is 1. The smallest absolute Gasteiger partial charge is 0.187 e. The standard InChI is InChI=1S/C18H18N2O2/c21-18-14-6-5-13-3-1-2-4-16(13)22-17(14)8-7-15(18)20-11-9-19-10-12-20/h1-8,15,19H,9-12H2. The molecule has 1 aliphatic carbocycles. The first-order chi connectivity index (χ1) is 10.8. The van der Waals surface area contributed by atoms with E-state index in [9.17, 15) is 4.79 Å². The number of ketones is 1. The van der Waals surface area contributed by atoms with Crippen molar-refractivity contribution in [3.8, 4) is 5.75 Å². The fourth-order valence-electron chi connectivity index (χ4n) is 3.14. The SMILES string of the molecule is O=C1C2=C(C=CC1N1CCNCC1)Oc1ccccc1C=C2. The quantitative estimate of drug-likeness (QED) is 0.857. The van der Waals surface area contributed by atoms with Crippen molar-refractivity contribution in [3.05, 3.63) is 59.4 Å². The molecule has 22 heavy (non-hydrogen) atoms. The number of hydrogen-bond acceptors (Lipinski definition) is 4. The monoisotopic (exact) mass is 294 g/mol. The van der Waals surface area contributed by atoms with Crippen LogP contribution < -0.4 is 10.1 Å². The third kappa shape index (κ3) is 2.30. The summed E-state index contributed by atoms with van der Waals surface area (Å²) in [4.78, 5) is 15.1. The summed E-state index contributed by atoms with van der Waals surface area (Å²) < 4.78 is 5.95. The van der Waals surface area contributed by atoms with Gasteiger partial charge in [0.15, 0.2) is 5.78 Å². The summed E-state index contributed by atoms with van der Waals surface area (Å²) in [5, 5.41) is 3.32. The molecule has 0 spiro atoms. The van der Waals surface area contributed by atoms with Gasteiger partial charge in [0, 0.05) is 31.7 Å². The van der Waals surface area contributed by atoms with Crippen LogP contribution in [0.5, 0.6) is 5.75 Å². The van der Waals surface area contributed by atoms with E-state index in [1.54, 1.807) is 0 Å². The lowest BCUT2D eigenvalue weighted by molar-refractivity contribution is -0.119. The Bertz CT molecular complexity index is 697. The van der Waals surface area contributed by atoms with Crippen LogP contribution in [-0.2, 0) is 4.79 Å². The van der Waals surface area contributed by atoms with Crippen molar-refractivity contribution in [2.75, 3.05) is 26.2 Å². The topological polar surface area (TPSA) is 41.6 Å². The number of carbonyl (C=O) groups is 1.